The van der Waals surface area contributed by atoms with Gasteiger partial charge >= 0.3 is 0 Å². The summed E-state index contributed by atoms with van der Waals surface area (Å²) >= 11 is 0. The van der Waals surface area contributed by atoms with Gasteiger partial charge in [-0.15, -0.1) is 0 Å². The van der Waals surface area contributed by atoms with Crippen molar-refractivity contribution in [1.29, 1.82) is 0 Å². The fraction of sp³-hybridized carbons (Fsp3) is 0.850. The fourth-order valence-electron chi connectivity index (χ4n) is 7.65. The van der Waals surface area contributed by atoms with Crippen molar-refractivity contribution in [2.75, 3.05) is 6.61 Å². The Bertz CT molecular complexity index is 711. The molecule has 5 nitrogen and oxygen atoms in total. The van der Waals surface area contributed by atoms with Gasteiger partial charge in [0.1, 0.15) is 17.7 Å². The van der Waals surface area contributed by atoms with Crippen LogP contribution in [-0.4, -0.2) is 41.3 Å². The van der Waals surface area contributed by atoms with Crippen molar-refractivity contribution in [3.8, 4) is 0 Å². The molecule has 6 fully saturated rings. The van der Waals surface area contributed by atoms with Gasteiger partial charge in [-0.25, -0.2) is 0 Å². The fourth-order valence-corrected chi connectivity index (χ4v) is 7.65. The minimum Gasteiger partial charge on any atom is -0.385 e. The van der Waals surface area contributed by atoms with E-state index >= 15 is 0 Å². The molecule has 2 aliphatic heterocycles. The number of ether oxygens (including phenoxy) is 1. The molecule has 6 rings (SSSR count). The summed E-state index contributed by atoms with van der Waals surface area (Å²) in [6.45, 7) is 6.17. The molecule has 4 aliphatic carbocycles. The van der Waals surface area contributed by atoms with E-state index in [2.05, 4.69) is 0 Å². The first-order chi connectivity index (χ1) is 11.7. The first-order valence-electron chi connectivity index (χ1n) is 9.60. The van der Waals surface area contributed by atoms with Crippen LogP contribution in [0.25, 0.3) is 0 Å². The number of aliphatic hydroxyl groups excluding tert-OH is 1. The lowest BCUT2D eigenvalue weighted by molar-refractivity contribution is -0.268. The lowest BCUT2D eigenvalue weighted by Crippen LogP contribution is -2.77. The predicted octanol–water partition coefficient (Wildman–Crippen LogP) is 1.55. The summed E-state index contributed by atoms with van der Waals surface area (Å²) in [7, 11) is 0. The summed E-state index contributed by atoms with van der Waals surface area (Å²) in [4.78, 5) is 39.9. The lowest BCUT2D eigenvalue weighted by atomic mass is 9.37. The van der Waals surface area contributed by atoms with Crippen LogP contribution < -0.4 is 0 Å². The molecule has 8 atom stereocenters. The van der Waals surface area contributed by atoms with Gasteiger partial charge in [-0.1, -0.05) is 20.8 Å². The number of hydrogen-bond acceptors (Lipinski definition) is 5. The van der Waals surface area contributed by atoms with E-state index in [1.54, 1.807) is 0 Å². The van der Waals surface area contributed by atoms with Crippen LogP contribution in [0.4, 0.5) is 0 Å². The Balaban J connectivity index is 1.76. The highest BCUT2D eigenvalue weighted by atomic mass is 16.5. The van der Waals surface area contributed by atoms with Crippen LogP contribution in [0.3, 0.4) is 0 Å². The molecule has 4 saturated carbocycles. The van der Waals surface area contributed by atoms with E-state index in [9.17, 15) is 19.5 Å². The zero-order valence-electron chi connectivity index (χ0n) is 15.1. The van der Waals surface area contributed by atoms with Crippen molar-refractivity contribution >= 4 is 17.3 Å². The summed E-state index contributed by atoms with van der Waals surface area (Å²) in [5.41, 5.74) is -2.49. The van der Waals surface area contributed by atoms with Crippen LogP contribution in [0, 0.1) is 39.9 Å². The van der Waals surface area contributed by atoms with Crippen LogP contribution in [0.1, 0.15) is 46.5 Å². The van der Waals surface area contributed by atoms with Gasteiger partial charge < -0.3 is 9.84 Å². The highest BCUT2D eigenvalue weighted by Gasteiger charge is 2.79. The predicted molar refractivity (Wildman–Crippen MR) is 87.5 cm³/mol. The number of carbonyl (C=O) groups excluding carboxylic acids is 3. The molecule has 0 amide bonds. The highest BCUT2D eigenvalue weighted by Crippen LogP contribution is 2.71. The molecule has 0 aromatic carbocycles. The molecule has 8 unspecified atom stereocenters. The lowest BCUT2D eigenvalue weighted by Gasteiger charge is -2.67. The topological polar surface area (TPSA) is 80.7 Å². The van der Waals surface area contributed by atoms with E-state index in [1.807, 2.05) is 20.8 Å². The van der Waals surface area contributed by atoms with Crippen LogP contribution in [-0.2, 0) is 19.1 Å². The number of rotatable bonds is 0. The third-order valence-corrected chi connectivity index (χ3v) is 8.81. The van der Waals surface area contributed by atoms with E-state index in [1.165, 1.54) is 0 Å². The number of fused-ring (bicyclic) bond motifs is 3. The number of hydrogen-bond donors (Lipinski definition) is 1. The first kappa shape index (κ1) is 16.1. The van der Waals surface area contributed by atoms with Crippen LogP contribution >= 0.6 is 0 Å². The molecule has 136 valence electrons. The van der Waals surface area contributed by atoms with Gasteiger partial charge in [0.05, 0.1) is 23.5 Å². The van der Waals surface area contributed by atoms with Gasteiger partial charge in [-0.05, 0) is 36.5 Å². The van der Waals surface area contributed by atoms with Crippen molar-refractivity contribution < 1.29 is 24.2 Å². The molecule has 1 N–H and O–H groups in total. The summed E-state index contributed by atoms with van der Waals surface area (Å²) in [5.74, 6) is -0.925. The molecule has 6 aliphatic rings. The van der Waals surface area contributed by atoms with Gasteiger partial charge in [-0.2, -0.15) is 0 Å². The molecule has 2 heterocycles. The van der Waals surface area contributed by atoms with Crippen LogP contribution in [0.15, 0.2) is 0 Å². The van der Waals surface area contributed by atoms with Crippen molar-refractivity contribution in [2.24, 2.45) is 39.9 Å². The number of Topliss-reactive ketones (excluding diaryl/α,β-unsaturated/α-hetero) is 3. The Morgan fingerprint density at radius 1 is 1.12 bits per heavy atom. The average molecular weight is 346 g/mol. The Morgan fingerprint density at radius 3 is 2.52 bits per heavy atom. The van der Waals surface area contributed by atoms with Crippen molar-refractivity contribution in [1.82, 2.24) is 0 Å². The maximum Gasteiger partial charge on any atom is 0.175 e. The van der Waals surface area contributed by atoms with Gasteiger partial charge in [0, 0.05) is 18.3 Å². The first-order valence-corrected chi connectivity index (χ1v) is 9.60. The zero-order chi connectivity index (χ0) is 17.9. The van der Waals surface area contributed by atoms with E-state index in [0.29, 0.717) is 19.3 Å². The van der Waals surface area contributed by atoms with Crippen LogP contribution in [0.2, 0.25) is 0 Å². The second-order valence-corrected chi connectivity index (χ2v) is 9.79. The Kier molecular flexibility index (Phi) is 2.85. The summed E-state index contributed by atoms with van der Waals surface area (Å²) < 4.78 is 6.07. The highest BCUT2D eigenvalue weighted by molar-refractivity contribution is 6.13. The molecule has 5 heteroatoms. The SMILES string of the molecule is CC1C(=O)C23CC1CCC2C12COC(CC1=O)C(C)(C)C2C(O)C3=O. The second kappa shape index (κ2) is 4.42. The Morgan fingerprint density at radius 2 is 1.84 bits per heavy atom. The standard InChI is InChI=1S/C20H26O5/c1-9-10-4-5-11-19(7-10,16(9)23)17(24)14(22)15-18(2,3)13-6-12(21)20(11,15)8-25-13/h9-11,13-15,22H,4-8H2,1-3H3. The van der Waals surface area contributed by atoms with E-state index in [0.717, 1.165) is 6.42 Å². The molecular weight excluding hydrogens is 320 g/mol. The van der Waals surface area contributed by atoms with E-state index in [-0.39, 0.29) is 47.8 Å². The maximum atomic E-state index is 13.4. The van der Waals surface area contributed by atoms with Crippen molar-refractivity contribution in [2.45, 2.75) is 58.7 Å². The number of aliphatic hydroxyl groups is 1. The minimum absolute atomic E-state index is 0.0322. The Labute approximate surface area is 147 Å². The third-order valence-electron chi connectivity index (χ3n) is 8.81. The van der Waals surface area contributed by atoms with Crippen molar-refractivity contribution in [3.63, 3.8) is 0 Å². The molecule has 4 bridgehead atoms. The van der Waals surface area contributed by atoms with Gasteiger partial charge in [0.2, 0.25) is 0 Å². The third kappa shape index (κ3) is 1.46. The summed E-state index contributed by atoms with van der Waals surface area (Å²) in [6.07, 6.45) is 0.955. The van der Waals surface area contributed by atoms with Gasteiger partial charge in [0.25, 0.3) is 0 Å². The molecule has 2 spiro atoms. The van der Waals surface area contributed by atoms with Crippen LogP contribution in [0.5, 0.6) is 0 Å². The maximum absolute atomic E-state index is 13.4. The zero-order valence-corrected chi connectivity index (χ0v) is 15.1. The largest absolute Gasteiger partial charge is 0.385 e. The molecule has 25 heavy (non-hydrogen) atoms. The molecule has 2 saturated heterocycles. The smallest absolute Gasteiger partial charge is 0.175 e. The molecule has 0 aromatic heterocycles. The number of carbonyl (C=O) groups is 3. The van der Waals surface area contributed by atoms with E-state index < -0.39 is 28.3 Å². The van der Waals surface area contributed by atoms with Gasteiger partial charge in [0.15, 0.2) is 5.78 Å². The second-order valence-electron chi connectivity index (χ2n) is 9.79. The average Bonchev–Trinajstić information content (AvgIpc) is 2.76. The van der Waals surface area contributed by atoms with Gasteiger partial charge in [-0.3, -0.25) is 14.4 Å². The Hall–Kier alpha value is -1.07. The molecule has 0 radical (unpaired) electrons. The normalized spacial score (nSPS) is 55.9. The van der Waals surface area contributed by atoms with Crippen molar-refractivity contribution in [3.05, 3.63) is 0 Å². The molecular formula is C20H26O5. The number of ketones is 3. The quantitative estimate of drug-likeness (QED) is 0.673. The minimum atomic E-state index is -1.24. The summed E-state index contributed by atoms with van der Waals surface area (Å²) in [6, 6.07) is 0. The summed E-state index contributed by atoms with van der Waals surface area (Å²) in [5, 5.41) is 11.1. The van der Waals surface area contributed by atoms with E-state index in [4.69, 9.17) is 4.74 Å². The molecule has 0 aromatic rings. The monoisotopic (exact) mass is 346 g/mol.